The van der Waals surface area contributed by atoms with Gasteiger partial charge < -0.3 is 10.1 Å². The van der Waals surface area contributed by atoms with E-state index in [-0.39, 0.29) is 6.10 Å². The molecule has 0 saturated carbocycles. The highest BCUT2D eigenvalue weighted by Gasteiger charge is 2.15. The first kappa shape index (κ1) is 15.3. The van der Waals surface area contributed by atoms with E-state index in [1.165, 1.54) is 0 Å². The minimum Gasteiger partial charge on any atom is -0.489 e. The van der Waals surface area contributed by atoms with Gasteiger partial charge in [0.1, 0.15) is 11.9 Å². The van der Waals surface area contributed by atoms with Crippen molar-refractivity contribution in [2.75, 3.05) is 13.1 Å². The van der Waals surface area contributed by atoms with E-state index in [0.717, 1.165) is 18.8 Å². The molecule has 0 aromatic heterocycles. The quantitative estimate of drug-likeness (QED) is 0.808. The summed E-state index contributed by atoms with van der Waals surface area (Å²) in [6, 6.07) is 7.58. The van der Waals surface area contributed by atoms with Crippen molar-refractivity contribution in [3.8, 4) is 5.75 Å². The van der Waals surface area contributed by atoms with E-state index in [2.05, 4.69) is 33.0 Å². The maximum Gasteiger partial charge on any atom is 0.121 e. The molecule has 1 N–H and O–H groups in total. The third-order valence-corrected chi connectivity index (χ3v) is 2.96. The molecular formula is C15H24ClNO. The summed E-state index contributed by atoms with van der Waals surface area (Å²) in [6.07, 6.45) is 0.169. The van der Waals surface area contributed by atoms with E-state index in [1.54, 1.807) is 0 Å². The van der Waals surface area contributed by atoms with Crippen LogP contribution in [0.3, 0.4) is 0 Å². The number of halogens is 1. The zero-order valence-corrected chi connectivity index (χ0v) is 12.5. The van der Waals surface area contributed by atoms with Gasteiger partial charge in [-0.05, 0) is 36.6 Å². The largest absolute Gasteiger partial charge is 0.489 e. The summed E-state index contributed by atoms with van der Waals surface area (Å²) >= 11 is 5.96. The molecule has 0 fully saturated rings. The van der Waals surface area contributed by atoms with Crippen molar-refractivity contribution in [1.82, 2.24) is 5.32 Å². The first-order chi connectivity index (χ1) is 8.49. The minimum absolute atomic E-state index is 0.169. The lowest BCUT2D eigenvalue weighted by Crippen LogP contribution is -2.36. The van der Waals surface area contributed by atoms with Crippen molar-refractivity contribution in [3.05, 3.63) is 29.3 Å². The highest BCUT2D eigenvalue weighted by atomic mass is 35.5. The molecule has 1 atom stereocenters. The average molecular weight is 270 g/mol. The Balaban J connectivity index is 2.52. The Kier molecular flexibility index (Phi) is 6.51. The van der Waals surface area contributed by atoms with Gasteiger partial charge in [-0.3, -0.25) is 0 Å². The summed E-state index contributed by atoms with van der Waals surface area (Å²) in [5.74, 6) is 1.96. The van der Waals surface area contributed by atoms with Crippen LogP contribution in [0.4, 0.5) is 0 Å². The fourth-order valence-corrected chi connectivity index (χ4v) is 1.82. The molecule has 0 aliphatic rings. The molecule has 0 heterocycles. The molecule has 1 aromatic carbocycles. The van der Waals surface area contributed by atoms with Gasteiger partial charge in [-0.25, -0.2) is 0 Å². The predicted octanol–water partition coefficient (Wildman–Crippen LogP) is 3.99. The third kappa shape index (κ3) is 5.74. The van der Waals surface area contributed by atoms with Gasteiger partial charge in [0.05, 0.1) is 0 Å². The van der Waals surface area contributed by atoms with Crippen LogP contribution in [0.25, 0.3) is 0 Å². The second-order valence-electron chi connectivity index (χ2n) is 5.41. The Morgan fingerprint density at radius 1 is 1.17 bits per heavy atom. The maximum absolute atomic E-state index is 5.99. The minimum atomic E-state index is 0.169. The molecule has 1 aromatic rings. The van der Waals surface area contributed by atoms with Gasteiger partial charge in [0.2, 0.25) is 0 Å². The van der Waals surface area contributed by atoms with Gasteiger partial charge in [-0.1, -0.05) is 45.4 Å². The van der Waals surface area contributed by atoms with E-state index < -0.39 is 0 Å². The van der Waals surface area contributed by atoms with E-state index in [4.69, 9.17) is 16.3 Å². The van der Waals surface area contributed by atoms with Crippen molar-refractivity contribution in [1.29, 1.82) is 0 Å². The Hall–Kier alpha value is -0.730. The normalized spacial score (nSPS) is 13.1. The number of hydrogen-bond donors (Lipinski definition) is 1. The topological polar surface area (TPSA) is 21.3 Å². The maximum atomic E-state index is 5.99. The van der Waals surface area contributed by atoms with Crippen molar-refractivity contribution >= 4 is 11.6 Å². The summed E-state index contributed by atoms with van der Waals surface area (Å²) in [6.45, 7) is 10.6. The molecule has 3 heteroatoms. The van der Waals surface area contributed by atoms with Gasteiger partial charge in [-0.2, -0.15) is 0 Å². The molecule has 0 saturated heterocycles. The van der Waals surface area contributed by atoms with Crippen LogP contribution >= 0.6 is 11.6 Å². The first-order valence-electron chi connectivity index (χ1n) is 6.62. The van der Waals surface area contributed by atoms with Gasteiger partial charge in [0.15, 0.2) is 0 Å². The third-order valence-electron chi connectivity index (χ3n) is 2.73. The molecule has 0 radical (unpaired) electrons. The molecule has 18 heavy (non-hydrogen) atoms. The summed E-state index contributed by atoms with van der Waals surface area (Å²) in [7, 11) is 0. The molecular weight excluding hydrogens is 246 g/mol. The Labute approximate surface area is 116 Å². The van der Waals surface area contributed by atoms with E-state index in [9.17, 15) is 0 Å². The van der Waals surface area contributed by atoms with Crippen LogP contribution in [0.5, 0.6) is 5.75 Å². The van der Waals surface area contributed by atoms with Crippen LogP contribution in [0.1, 0.15) is 27.7 Å². The molecule has 102 valence electrons. The zero-order chi connectivity index (χ0) is 13.5. The summed E-state index contributed by atoms with van der Waals surface area (Å²) < 4.78 is 5.99. The van der Waals surface area contributed by atoms with Crippen LogP contribution in [-0.4, -0.2) is 19.2 Å². The van der Waals surface area contributed by atoms with Gasteiger partial charge in [-0.15, -0.1) is 0 Å². The summed E-state index contributed by atoms with van der Waals surface area (Å²) in [5.41, 5.74) is 0. The lowest BCUT2D eigenvalue weighted by Gasteiger charge is -2.23. The molecule has 0 bridgehead atoms. The predicted molar refractivity (Wildman–Crippen MR) is 78.4 cm³/mol. The molecule has 0 spiro atoms. The molecule has 1 unspecified atom stereocenters. The van der Waals surface area contributed by atoms with Gasteiger partial charge >= 0.3 is 0 Å². The first-order valence-corrected chi connectivity index (χ1v) is 6.99. The monoisotopic (exact) mass is 269 g/mol. The lowest BCUT2D eigenvalue weighted by atomic mass is 10.1. The van der Waals surface area contributed by atoms with Crippen LogP contribution in [0.15, 0.2) is 24.3 Å². The van der Waals surface area contributed by atoms with Crippen molar-refractivity contribution in [3.63, 3.8) is 0 Å². The van der Waals surface area contributed by atoms with Crippen LogP contribution in [0.2, 0.25) is 5.02 Å². The Bertz CT molecular complexity index is 352. The average Bonchev–Trinajstić information content (AvgIpc) is 2.27. The van der Waals surface area contributed by atoms with E-state index in [1.807, 2.05) is 24.3 Å². The fraction of sp³-hybridized carbons (Fsp3) is 0.600. The highest BCUT2D eigenvalue weighted by Crippen LogP contribution is 2.20. The number of hydrogen-bond acceptors (Lipinski definition) is 2. The number of benzene rings is 1. The van der Waals surface area contributed by atoms with Gasteiger partial charge in [0.25, 0.3) is 0 Å². The van der Waals surface area contributed by atoms with Crippen LogP contribution in [-0.2, 0) is 0 Å². The van der Waals surface area contributed by atoms with Gasteiger partial charge in [0, 0.05) is 11.6 Å². The highest BCUT2D eigenvalue weighted by molar-refractivity contribution is 6.30. The van der Waals surface area contributed by atoms with Crippen LogP contribution < -0.4 is 10.1 Å². The fourth-order valence-electron chi connectivity index (χ4n) is 1.64. The second kappa shape index (κ2) is 7.65. The Morgan fingerprint density at radius 2 is 1.89 bits per heavy atom. The summed E-state index contributed by atoms with van der Waals surface area (Å²) in [5, 5.41) is 4.16. The van der Waals surface area contributed by atoms with E-state index >= 15 is 0 Å². The van der Waals surface area contributed by atoms with Crippen molar-refractivity contribution in [2.45, 2.75) is 33.8 Å². The molecule has 2 nitrogen and oxygen atoms in total. The van der Waals surface area contributed by atoms with Crippen molar-refractivity contribution in [2.24, 2.45) is 11.8 Å². The molecule has 0 aliphatic carbocycles. The van der Waals surface area contributed by atoms with Crippen LogP contribution in [0, 0.1) is 11.8 Å². The molecule has 1 rings (SSSR count). The SMILES string of the molecule is CC(C)CNCC(Oc1cccc(Cl)c1)C(C)C. The van der Waals surface area contributed by atoms with E-state index in [0.29, 0.717) is 16.9 Å². The smallest absolute Gasteiger partial charge is 0.121 e. The standard InChI is InChI=1S/C15H24ClNO/c1-11(2)9-17-10-15(12(3)4)18-14-7-5-6-13(16)8-14/h5-8,11-12,15,17H,9-10H2,1-4H3. The number of ether oxygens (including phenoxy) is 1. The number of nitrogens with one attached hydrogen (secondary N) is 1. The zero-order valence-electron chi connectivity index (χ0n) is 11.7. The summed E-state index contributed by atoms with van der Waals surface area (Å²) in [4.78, 5) is 0. The van der Waals surface area contributed by atoms with Crippen molar-refractivity contribution < 1.29 is 4.74 Å². The molecule has 0 aliphatic heterocycles. The second-order valence-corrected chi connectivity index (χ2v) is 5.85. The Morgan fingerprint density at radius 3 is 2.44 bits per heavy atom. The number of rotatable bonds is 7. The lowest BCUT2D eigenvalue weighted by molar-refractivity contribution is 0.148. The molecule has 0 amide bonds.